The number of hydrogen-bond donors (Lipinski definition) is 1. The summed E-state index contributed by atoms with van der Waals surface area (Å²) in [7, 11) is 0. The molecule has 1 saturated heterocycles. The molecule has 1 aromatic heterocycles. The zero-order chi connectivity index (χ0) is 22.0. The molecule has 5 nitrogen and oxygen atoms in total. The van der Waals surface area contributed by atoms with E-state index in [-0.39, 0.29) is 6.42 Å². The molecule has 2 aromatic carbocycles. The van der Waals surface area contributed by atoms with E-state index in [1.165, 1.54) is 16.0 Å². The van der Waals surface area contributed by atoms with Crippen molar-refractivity contribution in [3.8, 4) is 10.4 Å². The Morgan fingerprint density at radius 2 is 1.77 bits per heavy atom. The fourth-order valence-electron chi connectivity index (χ4n) is 4.50. The minimum atomic E-state index is -0.787. The van der Waals surface area contributed by atoms with Gasteiger partial charge in [-0.3, -0.25) is 9.69 Å². The van der Waals surface area contributed by atoms with E-state index in [9.17, 15) is 4.79 Å². The van der Waals surface area contributed by atoms with Crippen LogP contribution in [0.3, 0.4) is 0 Å². The van der Waals surface area contributed by atoms with Gasteiger partial charge in [0.25, 0.3) is 0 Å². The van der Waals surface area contributed by atoms with Gasteiger partial charge < -0.3 is 10.0 Å². The lowest BCUT2D eigenvalue weighted by Gasteiger charge is -2.44. The molecule has 1 N–H and O–H groups in total. The maximum atomic E-state index is 11.1. The highest BCUT2D eigenvalue weighted by molar-refractivity contribution is 7.18. The second-order valence-corrected chi connectivity index (χ2v) is 9.55. The fraction of sp³-hybridized carbons (Fsp3) is 0.360. The van der Waals surface area contributed by atoms with Gasteiger partial charge in [0, 0.05) is 37.9 Å². The van der Waals surface area contributed by atoms with Crippen molar-refractivity contribution in [1.29, 1.82) is 0 Å². The van der Waals surface area contributed by atoms with Crippen LogP contribution in [-0.4, -0.2) is 46.1 Å². The molecule has 4 rings (SSSR count). The number of nitrogens with zero attached hydrogens (tertiary/aromatic N) is 3. The van der Waals surface area contributed by atoms with Crippen LogP contribution in [-0.2, 0) is 17.8 Å². The maximum absolute atomic E-state index is 11.1. The zero-order valence-electron chi connectivity index (χ0n) is 18.3. The van der Waals surface area contributed by atoms with Crippen LogP contribution in [0.2, 0.25) is 0 Å². The molecule has 162 valence electrons. The smallest absolute Gasteiger partial charge is 0.307 e. The van der Waals surface area contributed by atoms with Gasteiger partial charge >= 0.3 is 5.97 Å². The van der Waals surface area contributed by atoms with Crippen molar-refractivity contribution in [2.45, 2.75) is 45.8 Å². The van der Waals surface area contributed by atoms with Gasteiger partial charge in [0.15, 0.2) is 5.13 Å². The van der Waals surface area contributed by atoms with Crippen molar-refractivity contribution in [2.75, 3.05) is 18.0 Å². The Kier molecular flexibility index (Phi) is 6.39. The second kappa shape index (κ2) is 9.20. The highest BCUT2D eigenvalue weighted by Gasteiger charge is 2.31. The van der Waals surface area contributed by atoms with E-state index in [1.54, 1.807) is 11.3 Å². The van der Waals surface area contributed by atoms with Gasteiger partial charge in [0.05, 0.1) is 11.3 Å². The summed E-state index contributed by atoms with van der Waals surface area (Å²) in [4.78, 5) is 22.0. The Bertz CT molecular complexity index is 1040. The van der Waals surface area contributed by atoms with Crippen molar-refractivity contribution < 1.29 is 9.90 Å². The number of aryl methyl sites for hydroxylation is 1. The Labute approximate surface area is 188 Å². The van der Waals surface area contributed by atoms with Crippen LogP contribution >= 0.6 is 11.3 Å². The lowest BCUT2D eigenvalue weighted by atomic mass is 10.0. The summed E-state index contributed by atoms with van der Waals surface area (Å²) in [5, 5.41) is 10.2. The minimum Gasteiger partial charge on any atom is -0.481 e. The molecule has 31 heavy (non-hydrogen) atoms. The topological polar surface area (TPSA) is 56.7 Å². The number of carboxylic acids is 1. The molecule has 0 spiro atoms. The first-order valence-corrected chi connectivity index (χ1v) is 11.5. The number of carbonyl (C=O) groups is 1. The van der Waals surface area contributed by atoms with Crippen molar-refractivity contribution in [2.24, 2.45) is 0 Å². The summed E-state index contributed by atoms with van der Waals surface area (Å²) in [6.45, 7) is 9.26. The maximum Gasteiger partial charge on any atom is 0.307 e. The number of carboxylic acid groups (broad SMARTS) is 1. The molecule has 3 aromatic rings. The minimum absolute atomic E-state index is 0.0708. The highest BCUT2D eigenvalue weighted by Crippen LogP contribution is 2.33. The third-order valence-electron chi connectivity index (χ3n) is 5.84. The molecular formula is C25H29N3O2S. The largest absolute Gasteiger partial charge is 0.481 e. The Morgan fingerprint density at radius 3 is 2.45 bits per heavy atom. The van der Waals surface area contributed by atoms with E-state index in [0.29, 0.717) is 12.1 Å². The van der Waals surface area contributed by atoms with Gasteiger partial charge in [0.1, 0.15) is 0 Å². The van der Waals surface area contributed by atoms with E-state index in [0.717, 1.165) is 35.9 Å². The molecule has 6 heteroatoms. The number of aliphatic carboxylic acids is 1. The summed E-state index contributed by atoms with van der Waals surface area (Å²) < 4.78 is 0. The summed E-state index contributed by atoms with van der Waals surface area (Å²) in [6, 6.07) is 17.3. The van der Waals surface area contributed by atoms with E-state index in [4.69, 9.17) is 10.1 Å². The molecule has 1 aliphatic rings. The molecule has 0 saturated carbocycles. The molecule has 0 unspecified atom stereocenters. The van der Waals surface area contributed by atoms with Gasteiger partial charge in [-0.2, -0.15) is 0 Å². The summed E-state index contributed by atoms with van der Waals surface area (Å²) in [5.41, 5.74) is 4.38. The Balaban J connectivity index is 1.46. The standard InChI is InChI=1S/C25H29N3O2S/c1-17-9-20(12-24(29)30)11-21(10-17)16-28-18(2)14-27(15-19(28)3)25-26-13-23(31-25)22-7-5-4-6-8-22/h4-11,13,18-19H,12,14-16H2,1-3H3,(H,29,30)/t18-,19+. The lowest BCUT2D eigenvalue weighted by molar-refractivity contribution is -0.136. The number of rotatable bonds is 6. The molecule has 2 atom stereocenters. The predicted molar refractivity (Wildman–Crippen MR) is 127 cm³/mol. The molecule has 1 aliphatic heterocycles. The van der Waals surface area contributed by atoms with Crippen LogP contribution < -0.4 is 4.90 Å². The summed E-state index contributed by atoms with van der Waals surface area (Å²) in [6.07, 6.45) is 2.05. The quantitative estimate of drug-likeness (QED) is 0.600. The van der Waals surface area contributed by atoms with Crippen molar-refractivity contribution >= 4 is 22.4 Å². The van der Waals surface area contributed by atoms with Crippen LogP contribution in [0.1, 0.15) is 30.5 Å². The summed E-state index contributed by atoms with van der Waals surface area (Å²) in [5.74, 6) is -0.787. The van der Waals surface area contributed by atoms with Gasteiger partial charge in [-0.1, -0.05) is 65.4 Å². The number of anilines is 1. The average Bonchev–Trinajstić information content (AvgIpc) is 3.21. The lowest BCUT2D eigenvalue weighted by Crippen LogP contribution is -2.56. The number of aromatic nitrogens is 1. The second-order valence-electron chi connectivity index (χ2n) is 8.55. The molecule has 0 aliphatic carbocycles. The predicted octanol–water partition coefficient (Wildman–Crippen LogP) is 4.84. The van der Waals surface area contributed by atoms with Crippen LogP contribution in [0.5, 0.6) is 0 Å². The van der Waals surface area contributed by atoms with E-state index in [1.807, 2.05) is 31.3 Å². The third kappa shape index (κ3) is 5.14. The van der Waals surface area contributed by atoms with Crippen molar-refractivity contribution in [3.05, 3.63) is 71.4 Å². The van der Waals surface area contributed by atoms with Gasteiger partial charge in [0.2, 0.25) is 0 Å². The molecule has 0 amide bonds. The molecule has 0 radical (unpaired) electrons. The fourth-order valence-corrected chi connectivity index (χ4v) is 5.44. The normalized spacial score (nSPS) is 19.5. The first-order chi connectivity index (χ1) is 14.9. The molecule has 1 fully saturated rings. The van der Waals surface area contributed by atoms with Gasteiger partial charge in [-0.15, -0.1) is 0 Å². The first-order valence-electron chi connectivity index (χ1n) is 10.7. The van der Waals surface area contributed by atoms with Crippen LogP contribution in [0.4, 0.5) is 5.13 Å². The van der Waals surface area contributed by atoms with Crippen molar-refractivity contribution in [1.82, 2.24) is 9.88 Å². The zero-order valence-corrected chi connectivity index (χ0v) is 19.1. The highest BCUT2D eigenvalue weighted by atomic mass is 32.1. The molecular weight excluding hydrogens is 406 g/mol. The first kappa shape index (κ1) is 21.5. The number of hydrogen-bond acceptors (Lipinski definition) is 5. The van der Waals surface area contributed by atoms with Crippen LogP contribution in [0, 0.1) is 6.92 Å². The van der Waals surface area contributed by atoms with Gasteiger partial charge in [-0.25, -0.2) is 4.98 Å². The van der Waals surface area contributed by atoms with Crippen LogP contribution in [0.15, 0.2) is 54.7 Å². The average molecular weight is 436 g/mol. The summed E-state index contributed by atoms with van der Waals surface area (Å²) >= 11 is 1.75. The number of benzene rings is 2. The Hall–Kier alpha value is -2.70. The molecule has 2 heterocycles. The van der Waals surface area contributed by atoms with Crippen molar-refractivity contribution in [3.63, 3.8) is 0 Å². The van der Waals surface area contributed by atoms with E-state index >= 15 is 0 Å². The third-order valence-corrected chi connectivity index (χ3v) is 6.95. The Morgan fingerprint density at radius 1 is 1.10 bits per heavy atom. The monoisotopic (exact) mass is 435 g/mol. The van der Waals surface area contributed by atoms with E-state index < -0.39 is 5.97 Å². The van der Waals surface area contributed by atoms with Gasteiger partial charge in [-0.05, 0) is 37.5 Å². The number of piperazine rings is 1. The van der Waals surface area contributed by atoms with E-state index in [2.05, 4.69) is 54.0 Å². The number of thiazole rings is 1. The molecule has 0 bridgehead atoms. The SMILES string of the molecule is Cc1cc(CC(=O)O)cc(CN2[C@H](C)CN(c3ncc(-c4ccccc4)s3)C[C@@H]2C)c1. The van der Waals surface area contributed by atoms with Crippen LogP contribution in [0.25, 0.3) is 10.4 Å².